The fourth-order valence-electron chi connectivity index (χ4n) is 2.10. The molecule has 0 saturated carbocycles. The highest BCUT2D eigenvalue weighted by Crippen LogP contribution is 2.10. The van der Waals surface area contributed by atoms with Crippen LogP contribution in [-0.4, -0.2) is 80.2 Å². The minimum atomic E-state index is -0.261. The van der Waals surface area contributed by atoms with Gasteiger partial charge in [-0.05, 0) is 0 Å². The Hall–Kier alpha value is -0.850. The van der Waals surface area contributed by atoms with E-state index < -0.39 is 0 Å². The Kier molecular flexibility index (Phi) is 4.58. The molecule has 6 nitrogen and oxygen atoms in total. The van der Waals surface area contributed by atoms with Gasteiger partial charge in [-0.3, -0.25) is 4.90 Å². The van der Waals surface area contributed by atoms with Crippen LogP contribution in [0.25, 0.3) is 0 Å². The number of nitrogens with zero attached hydrogens (tertiary/aromatic N) is 2. The number of carbonyl (C=O) groups is 1. The maximum Gasteiger partial charge on any atom is 0.409 e. The summed E-state index contributed by atoms with van der Waals surface area (Å²) >= 11 is 0. The van der Waals surface area contributed by atoms with Crippen LogP contribution in [0.1, 0.15) is 0 Å². The van der Waals surface area contributed by atoms with Gasteiger partial charge in [0.1, 0.15) is 0 Å². The van der Waals surface area contributed by atoms with Gasteiger partial charge in [0, 0.05) is 38.6 Å². The molecule has 2 rings (SSSR count). The lowest BCUT2D eigenvalue weighted by Crippen LogP contribution is -2.48. The molecular formula is C11H20N2O4. The molecule has 1 unspecified atom stereocenters. The normalized spacial score (nSPS) is 27.0. The number of aliphatic hydroxyl groups excluding tert-OH is 1. The number of amides is 1. The number of hydrogen-bond donors (Lipinski definition) is 1. The second-order valence-electron chi connectivity index (χ2n) is 4.53. The summed E-state index contributed by atoms with van der Waals surface area (Å²) in [5.74, 6) is 0.0531. The lowest BCUT2D eigenvalue weighted by molar-refractivity contribution is 0.0100. The van der Waals surface area contributed by atoms with E-state index in [1.54, 1.807) is 4.90 Å². The zero-order valence-corrected chi connectivity index (χ0v) is 10.0. The molecule has 2 aliphatic heterocycles. The largest absolute Gasteiger partial charge is 0.449 e. The highest BCUT2D eigenvalue weighted by atomic mass is 16.6. The maximum absolute atomic E-state index is 11.5. The second-order valence-corrected chi connectivity index (χ2v) is 4.53. The Morgan fingerprint density at radius 1 is 1.29 bits per heavy atom. The topological polar surface area (TPSA) is 62.2 Å². The van der Waals surface area contributed by atoms with Crippen molar-refractivity contribution in [1.82, 2.24) is 9.80 Å². The molecule has 6 heteroatoms. The molecule has 0 radical (unpaired) electrons. The van der Waals surface area contributed by atoms with E-state index in [9.17, 15) is 4.79 Å². The molecule has 1 N–H and O–H groups in total. The van der Waals surface area contributed by atoms with E-state index in [1.165, 1.54) is 0 Å². The van der Waals surface area contributed by atoms with Gasteiger partial charge in [-0.2, -0.15) is 0 Å². The number of morpholine rings is 1. The minimum absolute atomic E-state index is 0.0531. The number of hydrogen-bond acceptors (Lipinski definition) is 5. The summed E-state index contributed by atoms with van der Waals surface area (Å²) in [5, 5.41) is 9.07. The first-order valence-corrected chi connectivity index (χ1v) is 6.12. The van der Waals surface area contributed by atoms with E-state index in [4.69, 9.17) is 14.6 Å². The highest BCUT2D eigenvalue weighted by molar-refractivity contribution is 5.68. The molecule has 2 fully saturated rings. The maximum atomic E-state index is 11.5. The van der Waals surface area contributed by atoms with Gasteiger partial charge in [0.05, 0.1) is 26.4 Å². The van der Waals surface area contributed by atoms with E-state index in [0.717, 1.165) is 32.8 Å². The SMILES string of the molecule is O=C1OCC(CO)CN1CCN1CCOCC1. The summed E-state index contributed by atoms with van der Waals surface area (Å²) in [6.45, 7) is 5.89. The molecule has 1 atom stereocenters. The number of carbonyl (C=O) groups excluding carboxylic acids is 1. The van der Waals surface area contributed by atoms with Crippen LogP contribution in [0.4, 0.5) is 4.79 Å². The molecule has 0 spiro atoms. The number of aliphatic hydroxyl groups is 1. The average molecular weight is 244 g/mol. The predicted molar refractivity (Wildman–Crippen MR) is 60.8 cm³/mol. The first-order valence-electron chi connectivity index (χ1n) is 6.12. The molecule has 2 heterocycles. The number of rotatable bonds is 4. The fourth-order valence-corrected chi connectivity index (χ4v) is 2.10. The minimum Gasteiger partial charge on any atom is -0.449 e. The predicted octanol–water partition coefficient (Wildman–Crippen LogP) is -0.621. The summed E-state index contributed by atoms with van der Waals surface area (Å²) in [6, 6.07) is 0. The Balaban J connectivity index is 1.74. The zero-order chi connectivity index (χ0) is 12.1. The van der Waals surface area contributed by atoms with Crippen LogP contribution in [0.5, 0.6) is 0 Å². The third-order valence-electron chi connectivity index (χ3n) is 3.23. The molecule has 2 saturated heterocycles. The van der Waals surface area contributed by atoms with E-state index in [1.807, 2.05) is 0 Å². The molecular weight excluding hydrogens is 224 g/mol. The molecule has 0 aromatic rings. The van der Waals surface area contributed by atoms with Gasteiger partial charge in [-0.1, -0.05) is 0 Å². The Morgan fingerprint density at radius 3 is 2.76 bits per heavy atom. The van der Waals surface area contributed by atoms with Gasteiger partial charge in [0.25, 0.3) is 0 Å². The van der Waals surface area contributed by atoms with Crippen molar-refractivity contribution in [3.63, 3.8) is 0 Å². The zero-order valence-electron chi connectivity index (χ0n) is 10.0. The summed E-state index contributed by atoms with van der Waals surface area (Å²) in [4.78, 5) is 15.5. The van der Waals surface area contributed by atoms with Crippen molar-refractivity contribution in [2.24, 2.45) is 5.92 Å². The molecule has 0 aromatic heterocycles. The average Bonchev–Trinajstić information content (AvgIpc) is 2.39. The van der Waals surface area contributed by atoms with Crippen LogP contribution < -0.4 is 0 Å². The van der Waals surface area contributed by atoms with Gasteiger partial charge < -0.3 is 19.5 Å². The van der Waals surface area contributed by atoms with Crippen molar-refractivity contribution in [2.45, 2.75) is 0 Å². The van der Waals surface area contributed by atoms with E-state index in [0.29, 0.717) is 19.7 Å². The first-order chi connectivity index (χ1) is 8.29. The molecule has 0 bridgehead atoms. The summed E-state index contributed by atoms with van der Waals surface area (Å²) in [7, 11) is 0. The fraction of sp³-hybridized carbons (Fsp3) is 0.909. The third-order valence-corrected chi connectivity index (χ3v) is 3.23. The lowest BCUT2D eigenvalue weighted by Gasteiger charge is -2.34. The monoisotopic (exact) mass is 244 g/mol. The van der Waals surface area contributed by atoms with Crippen molar-refractivity contribution < 1.29 is 19.4 Å². The first kappa shape index (κ1) is 12.6. The Morgan fingerprint density at radius 2 is 2.06 bits per heavy atom. The van der Waals surface area contributed by atoms with Crippen LogP contribution in [0.15, 0.2) is 0 Å². The Labute approximate surface area is 101 Å². The van der Waals surface area contributed by atoms with Crippen molar-refractivity contribution in [2.75, 3.05) is 59.2 Å². The standard InChI is InChI=1S/C11H20N2O4/c14-8-10-7-13(11(15)17-9-10)2-1-12-3-5-16-6-4-12/h10,14H,1-9H2. The molecule has 1 amide bonds. The van der Waals surface area contributed by atoms with Crippen LogP contribution in [0, 0.1) is 5.92 Å². The quantitative estimate of drug-likeness (QED) is 0.714. The third kappa shape index (κ3) is 3.55. The lowest BCUT2D eigenvalue weighted by atomic mass is 10.1. The highest BCUT2D eigenvalue weighted by Gasteiger charge is 2.26. The van der Waals surface area contributed by atoms with Crippen LogP contribution in [-0.2, 0) is 9.47 Å². The summed E-state index contributed by atoms with van der Waals surface area (Å²) in [5.41, 5.74) is 0. The molecule has 17 heavy (non-hydrogen) atoms. The van der Waals surface area contributed by atoms with Crippen molar-refractivity contribution in [3.8, 4) is 0 Å². The second kappa shape index (κ2) is 6.18. The van der Waals surface area contributed by atoms with Gasteiger partial charge in [-0.25, -0.2) is 4.79 Å². The number of cyclic esters (lactones) is 1. The molecule has 0 aromatic carbocycles. The van der Waals surface area contributed by atoms with Crippen molar-refractivity contribution in [3.05, 3.63) is 0 Å². The van der Waals surface area contributed by atoms with Gasteiger partial charge >= 0.3 is 6.09 Å². The van der Waals surface area contributed by atoms with Gasteiger partial charge in [0.2, 0.25) is 0 Å². The van der Waals surface area contributed by atoms with Crippen LogP contribution >= 0.6 is 0 Å². The van der Waals surface area contributed by atoms with E-state index in [2.05, 4.69) is 4.90 Å². The van der Waals surface area contributed by atoms with Crippen molar-refractivity contribution in [1.29, 1.82) is 0 Å². The number of ether oxygens (including phenoxy) is 2. The van der Waals surface area contributed by atoms with Crippen LogP contribution in [0.3, 0.4) is 0 Å². The summed E-state index contributed by atoms with van der Waals surface area (Å²) < 4.78 is 10.3. The molecule has 0 aliphatic carbocycles. The smallest absolute Gasteiger partial charge is 0.409 e. The van der Waals surface area contributed by atoms with Crippen molar-refractivity contribution >= 4 is 6.09 Å². The summed E-state index contributed by atoms with van der Waals surface area (Å²) in [6.07, 6.45) is -0.261. The molecule has 98 valence electrons. The molecule has 2 aliphatic rings. The van der Waals surface area contributed by atoms with E-state index in [-0.39, 0.29) is 18.6 Å². The Bertz CT molecular complexity index is 256. The van der Waals surface area contributed by atoms with Gasteiger partial charge in [0.15, 0.2) is 0 Å². The van der Waals surface area contributed by atoms with E-state index >= 15 is 0 Å². The van der Waals surface area contributed by atoms with Gasteiger partial charge in [-0.15, -0.1) is 0 Å². The van der Waals surface area contributed by atoms with Crippen LogP contribution in [0.2, 0.25) is 0 Å².